The summed E-state index contributed by atoms with van der Waals surface area (Å²) in [7, 11) is 0. The fraction of sp³-hybridized carbons (Fsp3) is 0.136. The topological polar surface area (TPSA) is 80.0 Å². The molecule has 2 heterocycles. The summed E-state index contributed by atoms with van der Waals surface area (Å²) >= 11 is 6.04. The molecule has 0 saturated carbocycles. The number of nitrogens with one attached hydrogen (secondary N) is 1. The summed E-state index contributed by atoms with van der Waals surface area (Å²) in [6, 6.07) is 17.9. The van der Waals surface area contributed by atoms with E-state index < -0.39 is 17.3 Å². The molecular weight excluding hydrogens is 407 g/mol. The number of hydrogen-bond acceptors (Lipinski definition) is 4. The highest BCUT2D eigenvalue weighted by Gasteiger charge is 2.27. The van der Waals surface area contributed by atoms with Gasteiger partial charge in [-0.1, -0.05) is 41.9 Å². The Morgan fingerprint density at radius 1 is 1.10 bits per heavy atom. The van der Waals surface area contributed by atoms with E-state index in [4.69, 9.17) is 11.6 Å². The standard InChI is InChI=1S/C22H18ClFN4O2/c1-22(30,14-5-3-2-4-6-14)13-19(29)27-21-25-17-11-12-18(23)26-20(17)28(21)16-9-7-15(24)8-10-16/h2-12,30H,13H2,1H3,(H,25,27,29). The molecule has 1 unspecified atom stereocenters. The molecule has 2 N–H and O–H groups in total. The van der Waals surface area contributed by atoms with Crippen molar-refractivity contribution in [1.82, 2.24) is 14.5 Å². The molecule has 0 aliphatic heterocycles. The predicted molar refractivity (Wildman–Crippen MR) is 113 cm³/mol. The van der Waals surface area contributed by atoms with Gasteiger partial charge in [-0.05, 0) is 48.9 Å². The average Bonchev–Trinajstić information content (AvgIpc) is 3.05. The molecule has 0 radical (unpaired) electrons. The van der Waals surface area contributed by atoms with Crippen molar-refractivity contribution in [3.8, 4) is 5.69 Å². The number of carbonyl (C=O) groups excluding carboxylic acids is 1. The van der Waals surface area contributed by atoms with E-state index in [9.17, 15) is 14.3 Å². The number of hydrogen-bond donors (Lipinski definition) is 2. The third-order valence-corrected chi connectivity index (χ3v) is 4.92. The molecule has 0 bridgehead atoms. The Morgan fingerprint density at radius 2 is 1.80 bits per heavy atom. The van der Waals surface area contributed by atoms with Crippen LogP contribution in [-0.4, -0.2) is 25.5 Å². The summed E-state index contributed by atoms with van der Waals surface area (Å²) in [4.78, 5) is 21.5. The Kier molecular flexibility index (Phi) is 5.24. The summed E-state index contributed by atoms with van der Waals surface area (Å²) in [5.74, 6) is -0.632. The molecule has 8 heteroatoms. The first-order valence-electron chi connectivity index (χ1n) is 9.22. The van der Waals surface area contributed by atoms with Crippen LogP contribution < -0.4 is 5.32 Å². The smallest absolute Gasteiger partial charge is 0.229 e. The fourth-order valence-corrected chi connectivity index (χ4v) is 3.38. The Bertz CT molecular complexity index is 1210. The molecule has 0 spiro atoms. The Labute approximate surface area is 177 Å². The molecule has 0 aliphatic rings. The van der Waals surface area contributed by atoms with Crippen LogP contribution in [0.15, 0.2) is 66.7 Å². The lowest BCUT2D eigenvalue weighted by atomic mass is 9.92. The van der Waals surface area contributed by atoms with E-state index in [1.807, 2.05) is 6.07 Å². The van der Waals surface area contributed by atoms with Crippen molar-refractivity contribution in [3.05, 3.63) is 83.3 Å². The fourth-order valence-electron chi connectivity index (χ4n) is 3.23. The third-order valence-electron chi connectivity index (χ3n) is 4.71. The second-order valence-corrected chi connectivity index (χ2v) is 7.48. The lowest BCUT2D eigenvalue weighted by Crippen LogP contribution is -2.29. The van der Waals surface area contributed by atoms with Gasteiger partial charge in [0.15, 0.2) is 5.65 Å². The molecule has 6 nitrogen and oxygen atoms in total. The highest BCUT2D eigenvalue weighted by molar-refractivity contribution is 6.29. The number of imidazole rings is 1. The van der Waals surface area contributed by atoms with Gasteiger partial charge in [-0.3, -0.25) is 14.7 Å². The zero-order valence-electron chi connectivity index (χ0n) is 16.0. The molecule has 0 fully saturated rings. The maximum absolute atomic E-state index is 13.4. The second-order valence-electron chi connectivity index (χ2n) is 7.09. The van der Waals surface area contributed by atoms with Gasteiger partial charge in [0.2, 0.25) is 11.9 Å². The number of benzene rings is 2. The summed E-state index contributed by atoms with van der Waals surface area (Å²) in [6.07, 6.45) is -0.183. The largest absolute Gasteiger partial charge is 0.385 e. The number of amides is 1. The Hall–Kier alpha value is -3.29. The van der Waals surface area contributed by atoms with Gasteiger partial charge in [-0.2, -0.15) is 0 Å². The van der Waals surface area contributed by atoms with E-state index in [0.717, 1.165) is 0 Å². The number of carbonyl (C=O) groups is 1. The first-order chi connectivity index (χ1) is 14.3. The monoisotopic (exact) mass is 424 g/mol. The number of anilines is 1. The Morgan fingerprint density at radius 3 is 2.50 bits per heavy atom. The van der Waals surface area contributed by atoms with E-state index in [2.05, 4.69) is 15.3 Å². The SMILES string of the molecule is CC(O)(CC(=O)Nc1nc2ccc(Cl)nc2n1-c1ccc(F)cc1)c1ccccc1. The molecule has 1 atom stereocenters. The van der Waals surface area contributed by atoms with Crippen molar-refractivity contribution in [3.63, 3.8) is 0 Å². The van der Waals surface area contributed by atoms with Crippen LogP contribution in [0.3, 0.4) is 0 Å². The minimum Gasteiger partial charge on any atom is -0.385 e. The van der Waals surface area contributed by atoms with Crippen molar-refractivity contribution < 1.29 is 14.3 Å². The normalized spacial score (nSPS) is 13.2. The van der Waals surface area contributed by atoms with Gasteiger partial charge in [0.25, 0.3) is 0 Å². The van der Waals surface area contributed by atoms with Crippen LogP contribution in [0, 0.1) is 5.82 Å². The van der Waals surface area contributed by atoms with Crippen LogP contribution in [0.25, 0.3) is 16.9 Å². The third kappa shape index (κ3) is 4.03. The zero-order valence-corrected chi connectivity index (χ0v) is 16.8. The lowest BCUT2D eigenvalue weighted by molar-refractivity contribution is -0.120. The van der Waals surface area contributed by atoms with Gasteiger partial charge in [0.1, 0.15) is 16.5 Å². The number of aliphatic hydroxyl groups is 1. The van der Waals surface area contributed by atoms with Crippen LogP contribution in [0.2, 0.25) is 5.15 Å². The molecule has 2 aromatic heterocycles. The number of pyridine rings is 1. The van der Waals surface area contributed by atoms with E-state index in [1.54, 1.807) is 60.0 Å². The zero-order chi connectivity index (χ0) is 21.3. The molecule has 0 saturated heterocycles. The summed E-state index contributed by atoms with van der Waals surface area (Å²) < 4.78 is 15.0. The highest BCUT2D eigenvalue weighted by Crippen LogP contribution is 2.27. The molecular formula is C22H18ClFN4O2. The summed E-state index contributed by atoms with van der Waals surface area (Å²) in [6.45, 7) is 1.58. The van der Waals surface area contributed by atoms with Gasteiger partial charge < -0.3 is 5.11 Å². The lowest BCUT2D eigenvalue weighted by Gasteiger charge is -2.23. The van der Waals surface area contributed by atoms with Crippen molar-refractivity contribution in [1.29, 1.82) is 0 Å². The van der Waals surface area contributed by atoms with Gasteiger partial charge in [-0.25, -0.2) is 14.4 Å². The van der Waals surface area contributed by atoms with Crippen molar-refractivity contribution in [2.75, 3.05) is 5.32 Å². The molecule has 30 heavy (non-hydrogen) atoms. The van der Waals surface area contributed by atoms with E-state index in [0.29, 0.717) is 22.4 Å². The number of rotatable bonds is 5. The summed E-state index contributed by atoms with van der Waals surface area (Å²) in [5, 5.41) is 13.8. The average molecular weight is 425 g/mol. The van der Waals surface area contributed by atoms with E-state index in [-0.39, 0.29) is 17.5 Å². The molecule has 4 rings (SSSR count). The van der Waals surface area contributed by atoms with Crippen molar-refractivity contribution in [2.45, 2.75) is 18.9 Å². The number of aromatic nitrogens is 3. The van der Waals surface area contributed by atoms with Crippen LogP contribution in [0.5, 0.6) is 0 Å². The van der Waals surface area contributed by atoms with E-state index >= 15 is 0 Å². The van der Waals surface area contributed by atoms with Gasteiger partial charge in [0, 0.05) is 0 Å². The quantitative estimate of drug-likeness (QED) is 0.464. The molecule has 152 valence electrons. The molecule has 4 aromatic rings. The minimum atomic E-state index is -1.36. The van der Waals surface area contributed by atoms with Crippen molar-refractivity contribution >= 4 is 34.6 Å². The molecule has 1 amide bonds. The van der Waals surface area contributed by atoms with Crippen LogP contribution >= 0.6 is 11.6 Å². The number of halogens is 2. The Balaban J connectivity index is 1.69. The summed E-state index contributed by atoms with van der Waals surface area (Å²) in [5.41, 5.74) is 0.743. The molecule has 0 aliphatic carbocycles. The first-order valence-corrected chi connectivity index (χ1v) is 9.60. The number of nitrogens with zero attached hydrogens (tertiary/aromatic N) is 3. The molecule has 2 aromatic carbocycles. The van der Waals surface area contributed by atoms with E-state index in [1.165, 1.54) is 12.1 Å². The highest BCUT2D eigenvalue weighted by atomic mass is 35.5. The second kappa shape index (κ2) is 7.85. The van der Waals surface area contributed by atoms with Gasteiger partial charge >= 0.3 is 0 Å². The van der Waals surface area contributed by atoms with Gasteiger partial charge in [-0.15, -0.1) is 0 Å². The maximum atomic E-state index is 13.4. The number of fused-ring (bicyclic) bond motifs is 1. The first kappa shape index (κ1) is 20.0. The van der Waals surface area contributed by atoms with Crippen LogP contribution in [0.1, 0.15) is 18.9 Å². The van der Waals surface area contributed by atoms with Crippen LogP contribution in [-0.2, 0) is 10.4 Å². The van der Waals surface area contributed by atoms with Crippen LogP contribution in [0.4, 0.5) is 10.3 Å². The maximum Gasteiger partial charge on any atom is 0.229 e. The minimum absolute atomic E-state index is 0.183. The predicted octanol–water partition coefficient (Wildman–Crippen LogP) is 4.45. The van der Waals surface area contributed by atoms with Crippen molar-refractivity contribution in [2.24, 2.45) is 0 Å². The van der Waals surface area contributed by atoms with Gasteiger partial charge in [0.05, 0.1) is 17.7 Å².